The molecular weight excluding hydrogens is 402 g/mol. The summed E-state index contributed by atoms with van der Waals surface area (Å²) in [5, 5.41) is 10.8. The molecule has 0 unspecified atom stereocenters. The molecule has 0 spiro atoms. The van der Waals surface area contributed by atoms with Crippen LogP contribution < -0.4 is 15.4 Å². The van der Waals surface area contributed by atoms with E-state index in [2.05, 4.69) is 30.4 Å². The fraction of sp³-hybridized carbons (Fsp3) is 0.235. The summed E-state index contributed by atoms with van der Waals surface area (Å²) in [6.45, 7) is 4.72. The Morgan fingerprint density at radius 1 is 1.18 bits per heavy atom. The number of sulfonamides is 1. The van der Waals surface area contributed by atoms with E-state index in [0.717, 1.165) is 18.5 Å². The van der Waals surface area contributed by atoms with Gasteiger partial charge in [0.05, 0.1) is 23.8 Å². The third-order valence-corrected chi connectivity index (χ3v) is 4.61. The van der Waals surface area contributed by atoms with Gasteiger partial charge in [-0.3, -0.25) is 9.40 Å². The van der Waals surface area contributed by atoms with E-state index in [-0.39, 0.29) is 5.02 Å². The molecule has 148 valence electrons. The van der Waals surface area contributed by atoms with E-state index in [0.29, 0.717) is 29.0 Å². The number of aromatic nitrogens is 4. The van der Waals surface area contributed by atoms with Crippen LogP contribution in [0.4, 0.5) is 29.0 Å². The zero-order valence-electron chi connectivity index (χ0n) is 15.6. The van der Waals surface area contributed by atoms with Gasteiger partial charge >= 0.3 is 0 Å². The highest BCUT2D eigenvalue weighted by atomic mass is 35.5. The van der Waals surface area contributed by atoms with Crippen LogP contribution in [0.2, 0.25) is 5.02 Å². The molecular formula is C17H20ClN7O2S. The third-order valence-electron chi connectivity index (χ3n) is 3.74. The topological polar surface area (TPSA) is 114 Å². The van der Waals surface area contributed by atoms with Crippen molar-refractivity contribution in [2.75, 3.05) is 21.6 Å². The Bertz CT molecular complexity index is 1100. The minimum absolute atomic E-state index is 0.287. The second kappa shape index (κ2) is 8.03. The number of para-hydroxylation sites is 2. The molecule has 0 saturated carbocycles. The standard InChI is InChI=1S/C17H20ClN7O2S/c1-4-25-11(2)9-15(23-25)21-17-19-10-12(18)16(22-17)20-13-7-5-6-8-14(13)24-28(3,26)27/h5-10,24H,4H2,1-3H3,(H2,19,20,21,22,23). The van der Waals surface area contributed by atoms with Crippen molar-refractivity contribution in [3.63, 3.8) is 0 Å². The SMILES string of the molecule is CCn1nc(Nc2ncc(Cl)c(Nc3ccccc3NS(C)(=O)=O)n2)cc1C. The van der Waals surface area contributed by atoms with Crippen LogP contribution in [0.25, 0.3) is 0 Å². The van der Waals surface area contributed by atoms with Crippen molar-refractivity contribution < 1.29 is 8.42 Å². The van der Waals surface area contributed by atoms with Crippen molar-refractivity contribution in [2.45, 2.75) is 20.4 Å². The minimum atomic E-state index is -3.43. The van der Waals surface area contributed by atoms with Gasteiger partial charge in [-0.2, -0.15) is 10.1 Å². The van der Waals surface area contributed by atoms with Gasteiger partial charge in [-0.15, -0.1) is 0 Å². The smallest absolute Gasteiger partial charge is 0.230 e. The number of benzene rings is 1. The number of nitrogens with zero attached hydrogens (tertiary/aromatic N) is 4. The lowest BCUT2D eigenvalue weighted by Crippen LogP contribution is -2.11. The zero-order valence-corrected chi connectivity index (χ0v) is 17.1. The molecule has 0 atom stereocenters. The van der Waals surface area contributed by atoms with Crippen molar-refractivity contribution >= 4 is 50.6 Å². The molecule has 28 heavy (non-hydrogen) atoms. The van der Waals surface area contributed by atoms with Gasteiger partial charge in [-0.25, -0.2) is 13.4 Å². The maximum absolute atomic E-state index is 11.6. The fourth-order valence-electron chi connectivity index (χ4n) is 2.53. The molecule has 0 saturated heterocycles. The zero-order chi connectivity index (χ0) is 20.3. The van der Waals surface area contributed by atoms with Gasteiger partial charge in [0.1, 0.15) is 5.02 Å². The Labute approximate surface area is 168 Å². The molecule has 3 rings (SSSR count). The average Bonchev–Trinajstić information content (AvgIpc) is 2.97. The van der Waals surface area contributed by atoms with E-state index in [1.165, 1.54) is 6.20 Å². The molecule has 1 aromatic carbocycles. The largest absolute Gasteiger partial charge is 0.337 e. The average molecular weight is 422 g/mol. The van der Waals surface area contributed by atoms with Crippen LogP contribution in [-0.4, -0.2) is 34.4 Å². The number of hydrogen-bond donors (Lipinski definition) is 3. The maximum atomic E-state index is 11.6. The van der Waals surface area contributed by atoms with Crippen LogP contribution in [0.3, 0.4) is 0 Å². The molecule has 0 aliphatic heterocycles. The van der Waals surface area contributed by atoms with E-state index in [1.54, 1.807) is 24.3 Å². The van der Waals surface area contributed by atoms with Gasteiger partial charge in [-0.05, 0) is 26.0 Å². The summed E-state index contributed by atoms with van der Waals surface area (Å²) in [4.78, 5) is 8.54. The molecule has 11 heteroatoms. The molecule has 0 aliphatic rings. The highest BCUT2D eigenvalue weighted by molar-refractivity contribution is 7.92. The van der Waals surface area contributed by atoms with Gasteiger partial charge in [-0.1, -0.05) is 23.7 Å². The monoisotopic (exact) mass is 421 g/mol. The number of rotatable bonds is 7. The molecule has 0 fully saturated rings. The quantitative estimate of drug-likeness (QED) is 0.534. The Morgan fingerprint density at radius 3 is 2.54 bits per heavy atom. The number of hydrogen-bond acceptors (Lipinski definition) is 7. The van der Waals surface area contributed by atoms with E-state index < -0.39 is 10.0 Å². The molecule has 0 radical (unpaired) electrons. The van der Waals surface area contributed by atoms with E-state index in [1.807, 2.05) is 24.6 Å². The normalized spacial score (nSPS) is 11.3. The summed E-state index contributed by atoms with van der Waals surface area (Å²) in [6.07, 6.45) is 2.54. The number of aryl methyl sites for hydroxylation is 2. The Balaban J connectivity index is 1.86. The third kappa shape index (κ3) is 4.90. The Morgan fingerprint density at radius 2 is 1.89 bits per heavy atom. The lowest BCUT2D eigenvalue weighted by Gasteiger charge is -2.13. The maximum Gasteiger partial charge on any atom is 0.230 e. The first-order chi connectivity index (χ1) is 13.2. The van der Waals surface area contributed by atoms with Gasteiger partial charge < -0.3 is 10.6 Å². The summed E-state index contributed by atoms with van der Waals surface area (Å²) >= 11 is 6.21. The second-order valence-corrected chi connectivity index (χ2v) is 8.20. The predicted octanol–water partition coefficient (Wildman–Crippen LogP) is 3.51. The van der Waals surface area contributed by atoms with Gasteiger partial charge in [0.2, 0.25) is 16.0 Å². The molecule has 2 heterocycles. The summed E-state index contributed by atoms with van der Waals surface area (Å²) in [5.74, 6) is 1.25. The van der Waals surface area contributed by atoms with Crippen LogP contribution in [-0.2, 0) is 16.6 Å². The van der Waals surface area contributed by atoms with Crippen LogP contribution in [0.1, 0.15) is 12.6 Å². The molecule has 0 amide bonds. The fourth-order valence-corrected chi connectivity index (χ4v) is 3.25. The molecule has 0 bridgehead atoms. The Kier molecular flexibility index (Phi) is 5.71. The van der Waals surface area contributed by atoms with Crippen LogP contribution in [0.15, 0.2) is 36.5 Å². The van der Waals surface area contributed by atoms with Crippen molar-refractivity contribution in [2.24, 2.45) is 0 Å². The van der Waals surface area contributed by atoms with Crippen LogP contribution in [0.5, 0.6) is 0 Å². The molecule has 3 aromatic rings. The van der Waals surface area contributed by atoms with Gasteiger partial charge in [0.25, 0.3) is 0 Å². The molecule has 9 nitrogen and oxygen atoms in total. The molecule has 3 N–H and O–H groups in total. The Hall–Kier alpha value is -2.85. The first kappa shape index (κ1) is 19.9. The summed E-state index contributed by atoms with van der Waals surface area (Å²) in [5.41, 5.74) is 1.90. The van der Waals surface area contributed by atoms with Crippen molar-refractivity contribution in [3.05, 3.63) is 47.2 Å². The minimum Gasteiger partial charge on any atom is -0.337 e. The second-order valence-electron chi connectivity index (χ2n) is 6.05. The van der Waals surface area contributed by atoms with E-state index in [9.17, 15) is 8.42 Å². The number of halogens is 1. The van der Waals surface area contributed by atoms with Crippen LogP contribution in [0, 0.1) is 6.92 Å². The van der Waals surface area contributed by atoms with Gasteiger partial charge in [0, 0.05) is 18.3 Å². The van der Waals surface area contributed by atoms with E-state index in [4.69, 9.17) is 11.6 Å². The highest BCUT2D eigenvalue weighted by Crippen LogP contribution is 2.29. The lowest BCUT2D eigenvalue weighted by molar-refractivity contribution is 0.607. The summed E-state index contributed by atoms with van der Waals surface area (Å²) in [6, 6.07) is 8.73. The van der Waals surface area contributed by atoms with Crippen molar-refractivity contribution in [1.29, 1.82) is 0 Å². The summed E-state index contributed by atoms with van der Waals surface area (Å²) < 4.78 is 27.5. The first-order valence-electron chi connectivity index (χ1n) is 8.43. The van der Waals surface area contributed by atoms with Crippen LogP contribution >= 0.6 is 11.6 Å². The van der Waals surface area contributed by atoms with Crippen molar-refractivity contribution in [1.82, 2.24) is 19.7 Å². The first-order valence-corrected chi connectivity index (χ1v) is 10.7. The van der Waals surface area contributed by atoms with Crippen molar-refractivity contribution in [3.8, 4) is 0 Å². The van der Waals surface area contributed by atoms with Gasteiger partial charge in [0.15, 0.2) is 11.6 Å². The molecule has 2 aromatic heterocycles. The number of anilines is 5. The molecule has 0 aliphatic carbocycles. The van der Waals surface area contributed by atoms with E-state index >= 15 is 0 Å². The lowest BCUT2D eigenvalue weighted by atomic mass is 10.2. The highest BCUT2D eigenvalue weighted by Gasteiger charge is 2.12. The number of nitrogens with one attached hydrogen (secondary N) is 3. The summed E-state index contributed by atoms with van der Waals surface area (Å²) in [7, 11) is -3.43. The predicted molar refractivity (Wildman–Crippen MR) is 111 cm³/mol.